The van der Waals surface area contributed by atoms with E-state index in [-0.39, 0.29) is 30.0 Å². The van der Waals surface area contributed by atoms with Crippen molar-refractivity contribution < 1.29 is 54.6 Å². The van der Waals surface area contributed by atoms with Crippen LogP contribution in [0.5, 0.6) is 11.5 Å². The molecule has 0 radical (unpaired) electrons. The predicted molar refractivity (Wildman–Crippen MR) is 146 cm³/mol. The molecule has 4 fully saturated rings. The van der Waals surface area contributed by atoms with Crippen LogP contribution in [0.25, 0.3) is 0 Å². The van der Waals surface area contributed by atoms with Gasteiger partial charge in [-0.3, -0.25) is 19.4 Å². The van der Waals surface area contributed by atoms with Crippen LogP contribution in [0.2, 0.25) is 0 Å². The lowest BCUT2D eigenvalue weighted by molar-refractivity contribution is -0.201. The van der Waals surface area contributed by atoms with Gasteiger partial charge < -0.3 is 35.4 Å². The quantitative estimate of drug-likeness (QED) is 0.187. The predicted octanol–water partition coefficient (Wildman–Crippen LogP) is -0.0925. The highest BCUT2D eigenvalue weighted by atomic mass is 16.5. The second-order valence-electron chi connectivity index (χ2n) is 12.5. The van der Waals surface area contributed by atoms with Crippen molar-refractivity contribution in [3.63, 3.8) is 0 Å². The van der Waals surface area contributed by atoms with Crippen molar-refractivity contribution in [3.8, 4) is 11.5 Å². The number of likely N-dealkylation sites (tertiary alicyclic amines) is 2. The average molecular weight is 601 g/mol. The number of amides is 2. The molecule has 2 saturated carbocycles. The van der Waals surface area contributed by atoms with Crippen LogP contribution in [0.1, 0.15) is 56.6 Å². The van der Waals surface area contributed by atoms with Crippen molar-refractivity contribution in [2.24, 2.45) is 5.92 Å². The molecule has 3 aliphatic heterocycles. The maximum absolute atomic E-state index is 13.1. The van der Waals surface area contributed by atoms with Gasteiger partial charge in [-0.25, -0.2) is 9.59 Å². The Morgan fingerprint density at radius 1 is 1.09 bits per heavy atom. The molecule has 7 rings (SSSR count). The summed E-state index contributed by atoms with van der Waals surface area (Å²) in [5.74, 6) is -2.72. The smallest absolute Gasteiger partial charge is 0.335 e. The SMILES string of the molecule is CC=C1CC(=O)N([C@@H]2CCC3(O)[C@H]4Cc5ccc(O)c6c5[C@@]3(CCN4CC3CC3)[C@H]2O6)C1=O.O=C(O)C(O)C(O)C(=O)O. The first-order valence-corrected chi connectivity index (χ1v) is 14.7. The summed E-state index contributed by atoms with van der Waals surface area (Å²) >= 11 is 0. The number of benzene rings is 1. The summed E-state index contributed by atoms with van der Waals surface area (Å²) in [4.78, 5) is 49.5. The molecule has 6 aliphatic rings. The molecular formula is C30H36N2O11. The highest BCUT2D eigenvalue weighted by Gasteiger charge is 2.74. The van der Waals surface area contributed by atoms with Crippen LogP contribution in [-0.4, -0.2) is 113 Å². The van der Waals surface area contributed by atoms with E-state index in [1.54, 1.807) is 19.1 Å². The van der Waals surface area contributed by atoms with E-state index in [1.165, 1.54) is 17.7 Å². The van der Waals surface area contributed by atoms with Gasteiger partial charge in [0.1, 0.15) is 6.10 Å². The number of hydrogen-bond acceptors (Lipinski definition) is 10. The zero-order valence-electron chi connectivity index (χ0n) is 23.7. The minimum atomic E-state index is -2.27. The number of rotatable bonds is 6. The van der Waals surface area contributed by atoms with Gasteiger partial charge >= 0.3 is 11.9 Å². The Bertz CT molecular complexity index is 1400. The third-order valence-electron chi connectivity index (χ3n) is 10.3. The number of aliphatic hydroxyl groups is 3. The molecule has 3 unspecified atom stereocenters. The summed E-state index contributed by atoms with van der Waals surface area (Å²) in [5, 5.41) is 55.8. The number of imide groups is 1. The van der Waals surface area contributed by atoms with Crippen LogP contribution in [0.3, 0.4) is 0 Å². The molecular weight excluding hydrogens is 564 g/mol. The second-order valence-corrected chi connectivity index (χ2v) is 12.5. The van der Waals surface area contributed by atoms with Crippen LogP contribution in [0.4, 0.5) is 0 Å². The number of aliphatic carboxylic acids is 2. The minimum Gasteiger partial charge on any atom is -0.504 e. The third kappa shape index (κ3) is 4.27. The molecule has 7 atom stereocenters. The number of nitrogens with zero attached hydrogens (tertiary/aromatic N) is 2. The summed E-state index contributed by atoms with van der Waals surface area (Å²) in [7, 11) is 0. The highest BCUT2D eigenvalue weighted by molar-refractivity contribution is 6.13. The molecule has 2 saturated heterocycles. The van der Waals surface area contributed by atoms with Crippen LogP contribution in [0, 0.1) is 5.92 Å². The van der Waals surface area contributed by atoms with Crippen LogP contribution in [0.15, 0.2) is 23.8 Å². The van der Waals surface area contributed by atoms with Gasteiger partial charge in [0.15, 0.2) is 23.7 Å². The topological polar surface area (TPSA) is 205 Å². The lowest BCUT2D eigenvalue weighted by Crippen LogP contribution is -2.78. The van der Waals surface area contributed by atoms with Crippen molar-refractivity contribution in [1.29, 1.82) is 0 Å². The third-order valence-corrected chi connectivity index (χ3v) is 10.3. The van der Waals surface area contributed by atoms with Gasteiger partial charge in [-0.15, -0.1) is 0 Å². The van der Waals surface area contributed by atoms with Crippen molar-refractivity contribution >= 4 is 23.8 Å². The number of aliphatic hydroxyl groups excluding tert-OH is 2. The normalized spacial score (nSPS) is 34.7. The van der Waals surface area contributed by atoms with Gasteiger partial charge in [-0.05, 0) is 69.5 Å². The van der Waals surface area contributed by atoms with E-state index in [0.717, 1.165) is 36.6 Å². The van der Waals surface area contributed by atoms with Gasteiger partial charge in [0, 0.05) is 23.7 Å². The first-order valence-electron chi connectivity index (χ1n) is 14.7. The standard InChI is InChI=1S/C26H30N2O5.C4H6O6/c1-2-15-12-20(30)28(24(15)31)17-7-8-26(32)19-11-16-5-6-18(29)22-21(16)25(26,23(17)33-22)9-10-27(19)13-14-3-4-14;5-1(3(7)8)2(6)4(9)10/h2,5-6,14,17,19,23,29,32H,3-4,7-13H2,1H3;1-2,5-6H,(H,7,8)(H,9,10)/t17-,19-,23+,25+,26?;/m1./s1. The number of carboxylic acids is 2. The van der Waals surface area contributed by atoms with Crippen molar-refractivity contribution in [2.45, 2.75) is 93.3 Å². The number of ether oxygens (including phenoxy) is 1. The number of carbonyl (C=O) groups excluding carboxylic acids is 2. The second kappa shape index (κ2) is 10.3. The summed E-state index contributed by atoms with van der Waals surface area (Å²) in [5.41, 5.74) is 0.837. The van der Waals surface area contributed by atoms with E-state index >= 15 is 0 Å². The number of phenols is 1. The molecule has 13 nitrogen and oxygen atoms in total. The monoisotopic (exact) mass is 600 g/mol. The zero-order chi connectivity index (χ0) is 31.0. The van der Waals surface area contributed by atoms with E-state index in [2.05, 4.69) is 4.90 Å². The summed E-state index contributed by atoms with van der Waals surface area (Å²) < 4.78 is 6.50. The summed E-state index contributed by atoms with van der Waals surface area (Å²) in [6.45, 7) is 3.66. The van der Waals surface area contributed by atoms with Crippen LogP contribution >= 0.6 is 0 Å². The molecule has 232 valence electrons. The molecule has 6 N–H and O–H groups in total. The Morgan fingerprint density at radius 3 is 2.35 bits per heavy atom. The molecule has 1 spiro atoms. The Kier molecular flexibility index (Phi) is 7.07. The Hall–Kier alpha value is -3.52. The van der Waals surface area contributed by atoms with Gasteiger partial charge in [0.05, 0.1) is 23.5 Å². The van der Waals surface area contributed by atoms with Crippen molar-refractivity contribution in [1.82, 2.24) is 9.80 Å². The number of carboxylic acid groups (broad SMARTS) is 2. The van der Waals surface area contributed by atoms with Crippen LogP contribution in [-0.2, 0) is 31.0 Å². The lowest BCUT2D eigenvalue weighted by Gasteiger charge is -2.64. The van der Waals surface area contributed by atoms with Crippen LogP contribution < -0.4 is 4.74 Å². The molecule has 0 aromatic heterocycles. The minimum absolute atomic E-state index is 0.0158. The molecule has 1 aromatic carbocycles. The highest BCUT2D eigenvalue weighted by Crippen LogP contribution is 2.66. The summed E-state index contributed by atoms with van der Waals surface area (Å²) in [6.07, 6.45) is 1.75. The molecule has 13 heteroatoms. The first kappa shape index (κ1) is 29.5. The fraction of sp³-hybridized carbons (Fsp3) is 0.600. The van der Waals surface area contributed by atoms with E-state index in [1.807, 2.05) is 6.07 Å². The van der Waals surface area contributed by atoms with Gasteiger partial charge in [-0.1, -0.05) is 12.1 Å². The van der Waals surface area contributed by atoms with E-state index in [0.29, 0.717) is 30.6 Å². The van der Waals surface area contributed by atoms with Gasteiger partial charge in [0.2, 0.25) is 5.91 Å². The molecule has 2 amide bonds. The summed E-state index contributed by atoms with van der Waals surface area (Å²) in [6, 6.07) is 3.20. The number of piperidine rings is 1. The lowest BCUT2D eigenvalue weighted by atomic mass is 9.48. The zero-order valence-corrected chi connectivity index (χ0v) is 23.7. The van der Waals surface area contributed by atoms with E-state index in [4.69, 9.17) is 25.2 Å². The maximum atomic E-state index is 13.1. The van der Waals surface area contributed by atoms with Gasteiger partial charge in [-0.2, -0.15) is 0 Å². The molecule has 3 aliphatic carbocycles. The van der Waals surface area contributed by atoms with Crippen molar-refractivity contribution in [3.05, 3.63) is 34.9 Å². The fourth-order valence-corrected chi connectivity index (χ4v) is 8.14. The average Bonchev–Trinajstić information content (AvgIpc) is 3.64. The van der Waals surface area contributed by atoms with E-state index in [9.17, 15) is 29.4 Å². The van der Waals surface area contributed by atoms with Crippen molar-refractivity contribution in [2.75, 3.05) is 13.1 Å². The maximum Gasteiger partial charge on any atom is 0.335 e. The number of phenolic OH excluding ortho intramolecular Hbond substituents is 1. The number of aromatic hydroxyl groups is 1. The molecule has 2 bridgehead atoms. The Morgan fingerprint density at radius 2 is 1.77 bits per heavy atom. The van der Waals surface area contributed by atoms with Gasteiger partial charge in [0.25, 0.3) is 5.91 Å². The molecule has 43 heavy (non-hydrogen) atoms. The molecule has 3 heterocycles. The number of hydrogen-bond donors (Lipinski definition) is 6. The Labute approximate surface area is 247 Å². The largest absolute Gasteiger partial charge is 0.504 e. The number of carbonyl (C=O) groups is 4. The number of allylic oxidation sites excluding steroid dienone is 1. The first-order chi connectivity index (χ1) is 20.4. The van der Waals surface area contributed by atoms with E-state index < -0.39 is 47.3 Å². The Balaban J connectivity index is 0.000000286. The molecule has 1 aromatic rings. The fourth-order valence-electron chi connectivity index (χ4n) is 8.14.